The molecule has 0 aromatic carbocycles. The molecule has 2 aliphatic carbocycles. The van der Waals surface area contributed by atoms with Crippen LogP contribution < -0.4 is 5.32 Å². The van der Waals surface area contributed by atoms with Gasteiger partial charge in [0.2, 0.25) is 11.8 Å². The Balaban J connectivity index is 1.32. The van der Waals surface area contributed by atoms with Gasteiger partial charge in [0.05, 0.1) is 5.92 Å². The van der Waals surface area contributed by atoms with Crippen molar-refractivity contribution in [3.8, 4) is 0 Å². The molecule has 5 heteroatoms. The molecule has 5 nitrogen and oxygen atoms in total. The van der Waals surface area contributed by atoms with E-state index < -0.39 is 0 Å². The predicted molar refractivity (Wildman–Crippen MR) is 100 cm³/mol. The van der Waals surface area contributed by atoms with E-state index in [0.717, 1.165) is 36.8 Å². The summed E-state index contributed by atoms with van der Waals surface area (Å²) in [5, 5.41) is 2.95. The number of aryl methyl sites for hydroxylation is 1. The monoisotopic (exact) mass is 355 g/mol. The Labute approximate surface area is 155 Å². The highest BCUT2D eigenvalue weighted by Gasteiger charge is 2.41. The predicted octanol–water partition coefficient (Wildman–Crippen LogP) is 3.39. The number of nitrogens with one attached hydrogen (secondary N) is 1. The van der Waals surface area contributed by atoms with E-state index in [0.29, 0.717) is 24.7 Å². The lowest BCUT2D eigenvalue weighted by Gasteiger charge is -2.33. The second-order valence-electron chi connectivity index (χ2n) is 8.48. The molecule has 2 amide bonds. The smallest absolute Gasteiger partial charge is 0.230 e. The molecular formula is C21H29N3O2. The number of fused-ring (bicyclic) bond motifs is 2. The fraction of sp³-hybridized carbons (Fsp3) is 0.667. The zero-order chi connectivity index (χ0) is 18.1. The third kappa shape index (κ3) is 3.62. The second-order valence-corrected chi connectivity index (χ2v) is 8.48. The molecule has 1 aliphatic heterocycles. The van der Waals surface area contributed by atoms with Crippen molar-refractivity contribution in [1.29, 1.82) is 0 Å². The number of carbonyl (C=O) groups excluding carboxylic acids is 2. The van der Waals surface area contributed by atoms with Gasteiger partial charge >= 0.3 is 0 Å². The number of rotatable bonds is 4. The van der Waals surface area contributed by atoms with Crippen LogP contribution in [0, 0.1) is 30.6 Å². The molecule has 4 rings (SSSR count). The molecule has 4 atom stereocenters. The molecule has 2 heterocycles. The lowest BCUT2D eigenvalue weighted by molar-refractivity contribution is -0.135. The molecule has 140 valence electrons. The van der Waals surface area contributed by atoms with Crippen molar-refractivity contribution < 1.29 is 9.59 Å². The summed E-state index contributed by atoms with van der Waals surface area (Å²) in [5.41, 5.74) is 0.959. The maximum atomic E-state index is 12.8. The summed E-state index contributed by atoms with van der Waals surface area (Å²) >= 11 is 0. The Morgan fingerprint density at radius 3 is 2.88 bits per heavy atom. The molecule has 0 radical (unpaired) electrons. The number of hydrogen-bond donors (Lipinski definition) is 1. The maximum Gasteiger partial charge on any atom is 0.230 e. The highest BCUT2D eigenvalue weighted by atomic mass is 16.2. The lowest BCUT2D eigenvalue weighted by atomic mass is 9.85. The first-order chi connectivity index (χ1) is 12.6. The van der Waals surface area contributed by atoms with E-state index in [2.05, 4.69) is 10.3 Å². The Bertz CT molecular complexity index is 690. The van der Waals surface area contributed by atoms with E-state index >= 15 is 0 Å². The van der Waals surface area contributed by atoms with Crippen LogP contribution in [0.15, 0.2) is 18.3 Å². The quantitative estimate of drug-likeness (QED) is 0.900. The van der Waals surface area contributed by atoms with Gasteiger partial charge in [-0.15, -0.1) is 0 Å². The first-order valence-electron chi connectivity index (χ1n) is 10.1. The van der Waals surface area contributed by atoms with Crippen molar-refractivity contribution in [1.82, 2.24) is 9.88 Å². The first-order valence-corrected chi connectivity index (χ1v) is 10.1. The third-order valence-electron chi connectivity index (χ3n) is 6.72. The number of piperidine rings is 1. The van der Waals surface area contributed by atoms with E-state index in [1.807, 2.05) is 24.0 Å². The minimum absolute atomic E-state index is 0.00998. The molecule has 0 spiro atoms. The van der Waals surface area contributed by atoms with Gasteiger partial charge in [0.25, 0.3) is 0 Å². The number of nitrogens with zero attached hydrogens (tertiary/aromatic N) is 2. The van der Waals surface area contributed by atoms with Crippen LogP contribution >= 0.6 is 0 Å². The number of hydrogen-bond acceptors (Lipinski definition) is 3. The Morgan fingerprint density at radius 1 is 1.27 bits per heavy atom. The zero-order valence-electron chi connectivity index (χ0n) is 15.6. The van der Waals surface area contributed by atoms with Gasteiger partial charge in [-0.05, 0) is 68.4 Å². The lowest BCUT2D eigenvalue weighted by Crippen LogP contribution is -2.44. The normalized spacial score (nSPS) is 30.4. The van der Waals surface area contributed by atoms with Gasteiger partial charge in [0.1, 0.15) is 5.82 Å². The topological polar surface area (TPSA) is 62.3 Å². The minimum Gasteiger partial charge on any atom is -0.342 e. The van der Waals surface area contributed by atoms with Crippen LogP contribution in [0.3, 0.4) is 0 Å². The van der Waals surface area contributed by atoms with Gasteiger partial charge in [-0.3, -0.25) is 9.59 Å². The second kappa shape index (κ2) is 7.37. The van der Waals surface area contributed by atoms with Gasteiger partial charge < -0.3 is 10.2 Å². The van der Waals surface area contributed by atoms with Gasteiger partial charge in [-0.25, -0.2) is 4.98 Å². The molecular weight excluding hydrogens is 326 g/mol. The van der Waals surface area contributed by atoms with Crippen molar-refractivity contribution >= 4 is 17.6 Å². The molecule has 2 saturated carbocycles. The van der Waals surface area contributed by atoms with E-state index in [-0.39, 0.29) is 17.7 Å². The highest BCUT2D eigenvalue weighted by molar-refractivity contribution is 5.93. The summed E-state index contributed by atoms with van der Waals surface area (Å²) in [6, 6.07) is 3.80. The van der Waals surface area contributed by atoms with Crippen molar-refractivity contribution in [2.24, 2.45) is 23.7 Å². The molecule has 1 saturated heterocycles. The summed E-state index contributed by atoms with van der Waals surface area (Å²) in [5.74, 6) is 2.99. The average molecular weight is 355 g/mol. The van der Waals surface area contributed by atoms with E-state index in [1.165, 1.54) is 25.7 Å². The molecule has 3 aliphatic rings. The fourth-order valence-electron chi connectivity index (χ4n) is 5.23. The van der Waals surface area contributed by atoms with Crippen LogP contribution in [0.2, 0.25) is 0 Å². The van der Waals surface area contributed by atoms with Crippen molar-refractivity contribution in [2.75, 3.05) is 18.4 Å². The van der Waals surface area contributed by atoms with E-state index in [1.54, 1.807) is 6.20 Å². The largest absolute Gasteiger partial charge is 0.342 e. The first kappa shape index (κ1) is 17.5. The van der Waals surface area contributed by atoms with Crippen molar-refractivity contribution in [3.05, 3.63) is 23.9 Å². The molecule has 1 aromatic heterocycles. The van der Waals surface area contributed by atoms with Crippen LogP contribution in [0.1, 0.15) is 50.5 Å². The Hall–Kier alpha value is -1.91. The average Bonchev–Trinajstić information content (AvgIpc) is 3.27. The van der Waals surface area contributed by atoms with E-state index in [4.69, 9.17) is 0 Å². The molecule has 1 N–H and O–H groups in total. The van der Waals surface area contributed by atoms with Crippen LogP contribution in [-0.2, 0) is 9.59 Å². The van der Waals surface area contributed by atoms with Crippen LogP contribution in [-0.4, -0.2) is 34.8 Å². The molecule has 26 heavy (non-hydrogen) atoms. The van der Waals surface area contributed by atoms with Gasteiger partial charge in [-0.2, -0.15) is 0 Å². The van der Waals surface area contributed by atoms with Gasteiger partial charge in [0.15, 0.2) is 0 Å². The van der Waals surface area contributed by atoms with Crippen molar-refractivity contribution in [3.63, 3.8) is 0 Å². The number of likely N-dealkylation sites (tertiary alicyclic amines) is 1. The molecule has 1 aromatic rings. The number of carbonyl (C=O) groups is 2. The summed E-state index contributed by atoms with van der Waals surface area (Å²) in [4.78, 5) is 31.6. The van der Waals surface area contributed by atoms with Gasteiger partial charge in [-0.1, -0.05) is 12.5 Å². The molecule has 3 fully saturated rings. The number of amides is 2. The Morgan fingerprint density at radius 2 is 2.15 bits per heavy atom. The SMILES string of the molecule is Cc1cccnc1NC(=O)C1CCCN(C(=O)CC2CC3CCC2C3)C1. The van der Waals surface area contributed by atoms with Gasteiger partial charge in [0, 0.05) is 25.7 Å². The summed E-state index contributed by atoms with van der Waals surface area (Å²) in [6.07, 6.45) is 9.39. The molecule has 2 bridgehead atoms. The van der Waals surface area contributed by atoms with Crippen molar-refractivity contribution in [2.45, 2.75) is 51.9 Å². The van der Waals surface area contributed by atoms with Crippen LogP contribution in [0.25, 0.3) is 0 Å². The highest BCUT2D eigenvalue weighted by Crippen LogP contribution is 2.49. The zero-order valence-corrected chi connectivity index (χ0v) is 15.6. The van der Waals surface area contributed by atoms with Crippen LogP contribution in [0.4, 0.5) is 5.82 Å². The summed E-state index contributed by atoms with van der Waals surface area (Å²) in [6.45, 7) is 3.29. The number of aromatic nitrogens is 1. The number of anilines is 1. The maximum absolute atomic E-state index is 12.8. The standard InChI is InChI=1S/C21H29N3O2/c1-14-4-2-8-22-20(14)23-21(26)17-5-3-9-24(13-17)19(25)12-18-11-15-6-7-16(18)10-15/h2,4,8,15-18H,3,5-7,9-13H2,1H3,(H,22,23,26). The molecule has 4 unspecified atom stereocenters. The third-order valence-corrected chi connectivity index (χ3v) is 6.72. The number of pyridine rings is 1. The summed E-state index contributed by atoms with van der Waals surface area (Å²) in [7, 11) is 0. The van der Waals surface area contributed by atoms with Crippen LogP contribution in [0.5, 0.6) is 0 Å². The fourth-order valence-corrected chi connectivity index (χ4v) is 5.23. The summed E-state index contributed by atoms with van der Waals surface area (Å²) < 4.78 is 0. The minimum atomic E-state index is -0.130. The van der Waals surface area contributed by atoms with E-state index in [9.17, 15) is 9.59 Å². The Kier molecular flexibility index (Phi) is 4.96.